The summed E-state index contributed by atoms with van der Waals surface area (Å²) >= 11 is 0. The molecule has 0 aliphatic rings. The van der Waals surface area contributed by atoms with Gasteiger partial charge in [-0.15, -0.1) is 0 Å². The van der Waals surface area contributed by atoms with Crippen molar-refractivity contribution in [2.24, 2.45) is 0 Å². The maximum absolute atomic E-state index is 10.8. The van der Waals surface area contributed by atoms with Crippen LogP contribution in [0, 0.1) is 0 Å². The fraction of sp³-hybridized carbons (Fsp3) is 0.333. The van der Waals surface area contributed by atoms with Crippen LogP contribution >= 0.6 is 0 Å². The number of hydrogen-bond acceptors (Lipinski definition) is 4. The van der Waals surface area contributed by atoms with Gasteiger partial charge in [-0.25, -0.2) is 0 Å². The smallest absolute Gasteiger partial charge is 0.254 e. The Kier molecular flexibility index (Phi) is 3.11. The van der Waals surface area contributed by atoms with E-state index in [0.29, 0.717) is 11.8 Å². The lowest BCUT2D eigenvalue weighted by atomic mass is 10.1. The average molecular weight is 181 g/mol. The van der Waals surface area contributed by atoms with Crippen LogP contribution in [0.5, 0.6) is 0 Å². The molecule has 0 atom stereocenters. The molecule has 0 aliphatic carbocycles. The molecule has 0 saturated heterocycles. The molecule has 13 heavy (non-hydrogen) atoms. The van der Waals surface area contributed by atoms with Crippen LogP contribution in [0.4, 0.5) is 0 Å². The van der Waals surface area contributed by atoms with E-state index in [2.05, 4.69) is 4.98 Å². The number of carbonyl (C=O) groups is 1. The first kappa shape index (κ1) is 9.83. The molecular formula is C9H11NO3. The van der Waals surface area contributed by atoms with E-state index in [-0.39, 0.29) is 0 Å². The predicted octanol–water partition coefficient (Wildman–Crippen LogP) is 0.726. The topological polar surface area (TPSA) is 48.4 Å². The van der Waals surface area contributed by atoms with Crippen molar-refractivity contribution in [3.8, 4) is 0 Å². The van der Waals surface area contributed by atoms with Crippen molar-refractivity contribution in [1.82, 2.24) is 4.98 Å². The van der Waals surface area contributed by atoms with Crippen LogP contribution in [-0.2, 0) is 20.1 Å². The summed E-state index contributed by atoms with van der Waals surface area (Å²) < 4.78 is 9.98. The Labute approximate surface area is 76.5 Å². The van der Waals surface area contributed by atoms with Gasteiger partial charge >= 0.3 is 0 Å². The molecule has 1 aromatic heterocycles. The van der Waals surface area contributed by atoms with Gasteiger partial charge < -0.3 is 9.47 Å². The number of rotatable bonds is 4. The van der Waals surface area contributed by atoms with Gasteiger partial charge in [0.05, 0.1) is 0 Å². The normalized spacial score (nSPS) is 11.2. The van der Waals surface area contributed by atoms with Crippen molar-refractivity contribution in [2.75, 3.05) is 14.2 Å². The number of hydrogen-bond donors (Lipinski definition) is 0. The molecule has 0 aromatic carbocycles. The van der Waals surface area contributed by atoms with Crippen LogP contribution in [0.3, 0.4) is 0 Å². The summed E-state index contributed by atoms with van der Waals surface area (Å²) in [5, 5.41) is 0. The molecule has 4 nitrogen and oxygen atoms in total. The van der Waals surface area contributed by atoms with Gasteiger partial charge in [-0.05, 0) is 6.07 Å². The van der Waals surface area contributed by atoms with Gasteiger partial charge in [-0.1, -0.05) is 6.07 Å². The second kappa shape index (κ2) is 4.11. The molecule has 0 unspecified atom stereocenters. The molecule has 0 spiro atoms. The fourth-order valence-electron chi connectivity index (χ4n) is 1.05. The summed E-state index contributed by atoms with van der Waals surface area (Å²) in [6.07, 6.45) is 3.75. The number of aromatic nitrogens is 1. The highest BCUT2D eigenvalue weighted by atomic mass is 16.7. The molecule has 0 radical (unpaired) electrons. The summed E-state index contributed by atoms with van der Waals surface area (Å²) in [4.78, 5) is 14.7. The van der Waals surface area contributed by atoms with E-state index >= 15 is 0 Å². The van der Waals surface area contributed by atoms with E-state index in [9.17, 15) is 4.79 Å². The lowest BCUT2D eigenvalue weighted by Gasteiger charge is -2.24. The Bertz CT molecular complexity index is 269. The highest BCUT2D eigenvalue weighted by Crippen LogP contribution is 2.22. The lowest BCUT2D eigenvalue weighted by molar-refractivity contribution is -0.201. The molecule has 70 valence electrons. The maximum Gasteiger partial charge on any atom is 0.254 e. The van der Waals surface area contributed by atoms with Crippen molar-refractivity contribution in [3.05, 3.63) is 30.1 Å². The van der Waals surface area contributed by atoms with Crippen LogP contribution in [0.15, 0.2) is 24.5 Å². The number of methoxy groups -OCH3 is 2. The molecule has 0 fully saturated rings. The Hall–Kier alpha value is -1.26. The van der Waals surface area contributed by atoms with E-state index in [0.717, 1.165) is 0 Å². The molecule has 0 amide bonds. The number of pyridine rings is 1. The van der Waals surface area contributed by atoms with E-state index in [1.54, 1.807) is 18.3 Å². The maximum atomic E-state index is 10.8. The van der Waals surface area contributed by atoms with E-state index in [1.807, 2.05) is 0 Å². The Morgan fingerprint density at radius 1 is 1.46 bits per heavy atom. The quantitative estimate of drug-likeness (QED) is 0.507. The number of aldehydes is 1. The van der Waals surface area contributed by atoms with Gasteiger partial charge in [0.15, 0.2) is 6.29 Å². The van der Waals surface area contributed by atoms with Crippen molar-refractivity contribution in [3.63, 3.8) is 0 Å². The van der Waals surface area contributed by atoms with Crippen LogP contribution in [0.1, 0.15) is 5.56 Å². The van der Waals surface area contributed by atoms with Crippen molar-refractivity contribution in [1.29, 1.82) is 0 Å². The first-order valence-corrected chi connectivity index (χ1v) is 3.76. The van der Waals surface area contributed by atoms with Crippen LogP contribution in [0.25, 0.3) is 0 Å². The zero-order valence-electron chi connectivity index (χ0n) is 7.56. The number of ether oxygens (including phenoxy) is 2. The molecule has 0 aliphatic heterocycles. The van der Waals surface area contributed by atoms with Crippen LogP contribution in [0.2, 0.25) is 0 Å². The van der Waals surface area contributed by atoms with E-state index in [4.69, 9.17) is 9.47 Å². The van der Waals surface area contributed by atoms with Gasteiger partial charge in [-0.3, -0.25) is 9.78 Å². The second-order valence-corrected chi connectivity index (χ2v) is 2.44. The molecule has 0 saturated carbocycles. The molecule has 1 rings (SSSR count). The summed E-state index contributed by atoms with van der Waals surface area (Å²) in [6, 6.07) is 3.43. The monoisotopic (exact) mass is 181 g/mol. The summed E-state index contributed by atoms with van der Waals surface area (Å²) in [5.74, 6) is -1.33. The number of nitrogens with zero attached hydrogens (tertiary/aromatic N) is 1. The molecular weight excluding hydrogens is 170 g/mol. The lowest BCUT2D eigenvalue weighted by Crippen LogP contribution is -2.32. The summed E-state index contributed by atoms with van der Waals surface area (Å²) in [6.45, 7) is 0. The van der Waals surface area contributed by atoms with E-state index < -0.39 is 5.79 Å². The summed E-state index contributed by atoms with van der Waals surface area (Å²) in [7, 11) is 2.82. The van der Waals surface area contributed by atoms with Gasteiger partial charge in [-0.2, -0.15) is 0 Å². The first-order chi connectivity index (χ1) is 6.29. The van der Waals surface area contributed by atoms with Gasteiger partial charge in [0, 0.05) is 32.2 Å². The standard InChI is InChI=1S/C9H11NO3/c1-12-9(7-11,13-2)8-4-3-5-10-6-8/h3-7H,1-2H3. The van der Waals surface area contributed by atoms with Crippen molar-refractivity contribution in [2.45, 2.75) is 5.79 Å². The Morgan fingerprint density at radius 3 is 2.54 bits per heavy atom. The molecule has 0 N–H and O–H groups in total. The predicted molar refractivity (Wildman–Crippen MR) is 46.0 cm³/mol. The zero-order chi connectivity index (χ0) is 9.73. The van der Waals surface area contributed by atoms with Crippen molar-refractivity contribution >= 4 is 6.29 Å². The van der Waals surface area contributed by atoms with Crippen LogP contribution in [-0.4, -0.2) is 25.5 Å². The minimum atomic E-state index is -1.33. The number of carbonyl (C=O) groups excluding carboxylic acids is 1. The third-order valence-electron chi connectivity index (χ3n) is 1.83. The Morgan fingerprint density at radius 2 is 2.15 bits per heavy atom. The average Bonchev–Trinajstić information content (AvgIpc) is 2.23. The van der Waals surface area contributed by atoms with Gasteiger partial charge in [0.25, 0.3) is 5.79 Å². The minimum Gasteiger partial charge on any atom is -0.344 e. The minimum absolute atomic E-state index is 0.579. The van der Waals surface area contributed by atoms with Crippen LogP contribution < -0.4 is 0 Å². The van der Waals surface area contributed by atoms with Gasteiger partial charge in [0.2, 0.25) is 0 Å². The summed E-state index contributed by atoms with van der Waals surface area (Å²) in [5.41, 5.74) is 0.579. The molecule has 1 aromatic rings. The first-order valence-electron chi connectivity index (χ1n) is 3.76. The van der Waals surface area contributed by atoms with E-state index in [1.165, 1.54) is 20.4 Å². The highest BCUT2D eigenvalue weighted by Gasteiger charge is 2.31. The molecule has 1 heterocycles. The Balaban J connectivity index is 3.08. The largest absolute Gasteiger partial charge is 0.344 e. The van der Waals surface area contributed by atoms with Gasteiger partial charge in [0.1, 0.15) is 0 Å². The molecule has 0 bridgehead atoms. The highest BCUT2D eigenvalue weighted by molar-refractivity contribution is 5.63. The third-order valence-corrected chi connectivity index (χ3v) is 1.83. The zero-order valence-corrected chi connectivity index (χ0v) is 7.56. The van der Waals surface area contributed by atoms with Crippen molar-refractivity contribution < 1.29 is 14.3 Å². The third kappa shape index (κ3) is 1.74. The second-order valence-electron chi connectivity index (χ2n) is 2.44. The molecule has 4 heteroatoms. The SMILES string of the molecule is COC(C=O)(OC)c1cccnc1. The fourth-order valence-corrected chi connectivity index (χ4v) is 1.05.